The number of alkyl halides is 1. The molecule has 4 heteroatoms. The molecule has 0 aliphatic heterocycles. The number of aliphatic hydroxyl groups excluding tert-OH is 1. The quantitative estimate of drug-likeness (QED) is 0.760. The van der Waals surface area contributed by atoms with Crippen LogP contribution < -0.4 is 0 Å². The van der Waals surface area contributed by atoms with Gasteiger partial charge in [-0.1, -0.05) is 28.8 Å². The topological polar surface area (TPSA) is 40.5 Å². The first kappa shape index (κ1) is 11.0. The van der Waals surface area contributed by atoms with E-state index < -0.39 is 0 Å². The molecule has 1 amide bonds. The lowest BCUT2D eigenvalue weighted by atomic mass is 10.2. The largest absolute Gasteiger partial charge is 0.395 e. The van der Waals surface area contributed by atoms with Crippen LogP contribution in [0.1, 0.15) is 25.7 Å². The Kier molecular flexibility index (Phi) is 4.73. The molecule has 0 atom stereocenters. The molecule has 3 nitrogen and oxygen atoms in total. The maximum atomic E-state index is 11.5. The van der Waals surface area contributed by atoms with E-state index in [1.807, 2.05) is 4.90 Å². The normalized spacial score (nSPS) is 17.7. The molecule has 0 saturated heterocycles. The highest BCUT2D eigenvalue weighted by molar-refractivity contribution is 9.09. The summed E-state index contributed by atoms with van der Waals surface area (Å²) in [4.78, 5) is 13.3. The van der Waals surface area contributed by atoms with E-state index in [1.54, 1.807) is 0 Å². The minimum atomic E-state index is 0.0647. The molecule has 1 fully saturated rings. The van der Waals surface area contributed by atoms with Gasteiger partial charge in [-0.2, -0.15) is 0 Å². The predicted octanol–water partition coefficient (Wildman–Crippen LogP) is 1.14. The van der Waals surface area contributed by atoms with Crippen LogP contribution in [-0.2, 0) is 4.79 Å². The second kappa shape index (κ2) is 5.60. The van der Waals surface area contributed by atoms with Crippen LogP contribution in [-0.4, -0.2) is 40.4 Å². The average Bonchev–Trinajstić information content (AvgIpc) is 2.65. The fraction of sp³-hybridized carbons (Fsp3) is 0.889. The zero-order valence-electron chi connectivity index (χ0n) is 7.71. The Morgan fingerprint density at radius 3 is 2.54 bits per heavy atom. The maximum absolute atomic E-state index is 11.5. The molecule has 13 heavy (non-hydrogen) atoms. The number of halogens is 1. The molecule has 0 unspecified atom stereocenters. The number of hydrogen-bond acceptors (Lipinski definition) is 2. The first-order valence-corrected chi connectivity index (χ1v) is 5.88. The lowest BCUT2D eigenvalue weighted by molar-refractivity contribution is -0.131. The van der Waals surface area contributed by atoms with Gasteiger partial charge < -0.3 is 10.0 Å². The third kappa shape index (κ3) is 2.95. The molecule has 1 aliphatic carbocycles. The molecule has 0 bridgehead atoms. The molecule has 1 aliphatic rings. The van der Waals surface area contributed by atoms with Crippen LogP contribution in [0.15, 0.2) is 0 Å². The summed E-state index contributed by atoms with van der Waals surface area (Å²) < 4.78 is 0. The van der Waals surface area contributed by atoms with E-state index in [1.165, 1.54) is 12.8 Å². The van der Waals surface area contributed by atoms with Gasteiger partial charge in [0.05, 0.1) is 11.9 Å². The second-order valence-electron chi connectivity index (χ2n) is 3.38. The zero-order chi connectivity index (χ0) is 9.68. The van der Waals surface area contributed by atoms with Crippen molar-refractivity contribution >= 4 is 21.8 Å². The van der Waals surface area contributed by atoms with Gasteiger partial charge in [0.25, 0.3) is 0 Å². The summed E-state index contributed by atoms with van der Waals surface area (Å²) in [5.74, 6) is 0.0981. The minimum absolute atomic E-state index is 0.0647. The van der Waals surface area contributed by atoms with E-state index in [9.17, 15) is 4.79 Å². The second-order valence-corrected chi connectivity index (χ2v) is 3.94. The molecule has 0 aromatic rings. The SMILES string of the molecule is O=C(CBr)N(CCO)C1CCCC1. The standard InChI is InChI=1S/C9H16BrNO2/c10-7-9(13)11(5-6-12)8-3-1-2-4-8/h8,12H,1-7H2. The Hall–Kier alpha value is -0.0900. The highest BCUT2D eigenvalue weighted by atomic mass is 79.9. The monoisotopic (exact) mass is 249 g/mol. The van der Waals surface area contributed by atoms with Crippen molar-refractivity contribution in [2.24, 2.45) is 0 Å². The molecule has 1 N–H and O–H groups in total. The Bertz CT molecular complexity index is 169. The van der Waals surface area contributed by atoms with E-state index in [4.69, 9.17) is 5.11 Å². The first-order valence-electron chi connectivity index (χ1n) is 4.76. The van der Waals surface area contributed by atoms with E-state index in [-0.39, 0.29) is 12.5 Å². The summed E-state index contributed by atoms with van der Waals surface area (Å²) in [7, 11) is 0. The van der Waals surface area contributed by atoms with E-state index >= 15 is 0 Å². The van der Waals surface area contributed by atoms with Crippen molar-refractivity contribution in [2.45, 2.75) is 31.7 Å². The van der Waals surface area contributed by atoms with Crippen LogP contribution in [0.2, 0.25) is 0 Å². The van der Waals surface area contributed by atoms with Gasteiger partial charge in [0.1, 0.15) is 0 Å². The third-order valence-electron chi connectivity index (χ3n) is 2.54. The molecular formula is C9H16BrNO2. The van der Waals surface area contributed by atoms with Crippen LogP contribution in [0, 0.1) is 0 Å². The van der Waals surface area contributed by atoms with Gasteiger partial charge in [0.15, 0.2) is 0 Å². The van der Waals surface area contributed by atoms with E-state index in [2.05, 4.69) is 15.9 Å². The summed E-state index contributed by atoms with van der Waals surface area (Å²) in [5.41, 5.74) is 0. The Morgan fingerprint density at radius 1 is 1.46 bits per heavy atom. The summed E-state index contributed by atoms with van der Waals surface area (Å²) in [6.07, 6.45) is 4.61. The van der Waals surface area contributed by atoms with Gasteiger partial charge in [0, 0.05) is 12.6 Å². The lowest BCUT2D eigenvalue weighted by Crippen LogP contribution is -2.41. The van der Waals surface area contributed by atoms with Crippen molar-refractivity contribution in [3.63, 3.8) is 0 Å². The molecule has 1 rings (SSSR count). The van der Waals surface area contributed by atoms with E-state index in [0.717, 1.165) is 12.8 Å². The summed E-state index contributed by atoms with van der Waals surface area (Å²) in [5, 5.41) is 9.20. The number of aliphatic hydroxyl groups is 1. The summed E-state index contributed by atoms with van der Waals surface area (Å²) >= 11 is 3.16. The van der Waals surface area contributed by atoms with Crippen LogP contribution in [0.25, 0.3) is 0 Å². The number of nitrogens with zero attached hydrogens (tertiary/aromatic N) is 1. The molecule has 0 aromatic heterocycles. The molecule has 0 spiro atoms. The first-order chi connectivity index (χ1) is 6.29. The fourth-order valence-corrected chi connectivity index (χ4v) is 2.23. The Morgan fingerprint density at radius 2 is 2.08 bits per heavy atom. The number of rotatable bonds is 4. The number of carbonyl (C=O) groups is 1. The molecule has 1 saturated carbocycles. The van der Waals surface area contributed by atoms with Crippen molar-refractivity contribution in [3.05, 3.63) is 0 Å². The minimum Gasteiger partial charge on any atom is -0.395 e. The molecule has 0 radical (unpaired) electrons. The van der Waals surface area contributed by atoms with Gasteiger partial charge in [-0.15, -0.1) is 0 Å². The van der Waals surface area contributed by atoms with Gasteiger partial charge >= 0.3 is 0 Å². The van der Waals surface area contributed by atoms with Crippen molar-refractivity contribution in [2.75, 3.05) is 18.5 Å². The zero-order valence-corrected chi connectivity index (χ0v) is 9.29. The van der Waals surface area contributed by atoms with Gasteiger partial charge in [-0.05, 0) is 12.8 Å². The third-order valence-corrected chi connectivity index (χ3v) is 3.02. The lowest BCUT2D eigenvalue weighted by Gasteiger charge is -2.27. The maximum Gasteiger partial charge on any atom is 0.233 e. The van der Waals surface area contributed by atoms with Crippen LogP contribution in [0.4, 0.5) is 0 Å². The summed E-state index contributed by atoms with van der Waals surface area (Å²) in [6, 6.07) is 0.372. The average molecular weight is 250 g/mol. The Labute approximate surface area is 87.2 Å². The van der Waals surface area contributed by atoms with Crippen LogP contribution in [0.5, 0.6) is 0 Å². The fourth-order valence-electron chi connectivity index (χ4n) is 1.91. The van der Waals surface area contributed by atoms with Crippen molar-refractivity contribution < 1.29 is 9.90 Å². The Balaban J connectivity index is 2.49. The van der Waals surface area contributed by atoms with Crippen molar-refractivity contribution in [1.82, 2.24) is 4.90 Å². The van der Waals surface area contributed by atoms with E-state index in [0.29, 0.717) is 17.9 Å². The van der Waals surface area contributed by atoms with Crippen molar-refractivity contribution in [1.29, 1.82) is 0 Å². The predicted molar refractivity (Wildman–Crippen MR) is 54.8 cm³/mol. The molecule has 0 heterocycles. The smallest absolute Gasteiger partial charge is 0.233 e. The molecular weight excluding hydrogens is 234 g/mol. The van der Waals surface area contributed by atoms with Crippen molar-refractivity contribution in [3.8, 4) is 0 Å². The van der Waals surface area contributed by atoms with Gasteiger partial charge in [-0.25, -0.2) is 0 Å². The van der Waals surface area contributed by atoms with Gasteiger partial charge in [0.2, 0.25) is 5.91 Å². The number of amides is 1. The van der Waals surface area contributed by atoms with Gasteiger partial charge in [-0.3, -0.25) is 4.79 Å². The highest BCUT2D eigenvalue weighted by Crippen LogP contribution is 2.23. The van der Waals surface area contributed by atoms with Crippen LogP contribution in [0.3, 0.4) is 0 Å². The summed E-state index contributed by atoms with van der Waals surface area (Å²) in [6.45, 7) is 0.546. The number of hydrogen-bond donors (Lipinski definition) is 1. The molecule has 0 aromatic carbocycles. The highest BCUT2D eigenvalue weighted by Gasteiger charge is 2.25. The molecule has 76 valence electrons. The van der Waals surface area contributed by atoms with Crippen LogP contribution >= 0.6 is 15.9 Å². The number of carbonyl (C=O) groups excluding carboxylic acids is 1.